The van der Waals surface area contributed by atoms with Crippen molar-refractivity contribution in [1.29, 1.82) is 0 Å². The predicted molar refractivity (Wildman–Crippen MR) is 139 cm³/mol. The summed E-state index contributed by atoms with van der Waals surface area (Å²) in [6, 6.07) is 19.9. The van der Waals surface area contributed by atoms with Crippen LogP contribution in [0.25, 0.3) is 0 Å². The number of amidine groups is 1. The number of benzene rings is 3. The van der Waals surface area contributed by atoms with Crippen LogP contribution in [0.1, 0.15) is 40.1 Å². The number of nitrogens with one attached hydrogen (secondary N) is 1. The SMILES string of the molecule is CCOC(=O)COc1ccc(C(=O)[C@H](C)NC(=O)c2ccc(C(N)=NC(=O)Oc3ccccc3)cc2)cc1. The smallest absolute Gasteiger partial charge is 0.441 e. The molecule has 10 heteroatoms. The number of ketones is 1. The van der Waals surface area contributed by atoms with Crippen LogP contribution in [-0.4, -0.2) is 48.8 Å². The molecule has 0 bridgehead atoms. The zero-order valence-corrected chi connectivity index (χ0v) is 20.9. The van der Waals surface area contributed by atoms with E-state index in [-0.39, 0.29) is 30.4 Å². The molecular formula is C28H27N3O7. The summed E-state index contributed by atoms with van der Waals surface area (Å²) in [6.45, 7) is 3.30. The summed E-state index contributed by atoms with van der Waals surface area (Å²) in [5, 5.41) is 2.65. The number of hydrogen-bond acceptors (Lipinski definition) is 7. The van der Waals surface area contributed by atoms with Gasteiger partial charge in [0.2, 0.25) is 0 Å². The van der Waals surface area contributed by atoms with Gasteiger partial charge < -0.3 is 25.3 Å². The molecule has 0 aromatic heterocycles. The minimum Gasteiger partial charge on any atom is -0.482 e. The Bertz CT molecular complexity index is 1300. The lowest BCUT2D eigenvalue weighted by Crippen LogP contribution is -2.38. The second kappa shape index (κ2) is 13.4. The van der Waals surface area contributed by atoms with Crippen LogP contribution in [0.15, 0.2) is 83.9 Å². The maximum Gasteiger partial charge on any atom is 0.441 e. The molecule has 0 radical (unpaired) electrons. The van der Waals surface area contributed by atoms with Crippen LogP contribution in [0.5, 0.6) is 11.5 Å². The Hall–Kier alpha value is -4.99. The molecule has 3 aromatic carbocycles. The van der Waals surface area contributed by atoms with E-state index in [1.807, 2.05) is 0 Å². The van der Waals surface area contributed by atoms with Crippen molar-refractivity contribution in [2.45, 2.75) is 19.9 Å². The topological polar surface area (TPSA) is 146 Å². The van der Waals surface area contributed by atoms with Crippen LogP contribution in [-0.2, 0) is 9.53 Å². The van der Waals surface area contributed by atoms with E-state index in [9.17, 15) is 19.2 Å². The largest absolute Gasteiger partial charge is 0.482 e. The Morgan fingerprint density at radius 2 is 1.45 bits per heavy atom. The standard InChI is InChI=1S/C28H27N3O7/c1-3-36-24(32)17-37-22-15-13-19(14-16-22)25(33)18(2)30-27(34)21-11-9-20(10-12-21)26(29)31-28(35)38-23-7-5-4-6-8-23/h4-16,18H,3,17H2,1-2H3,(H,30,34)(H2,29,31,35)/t18-/m0/s1. The molecule has 0 aliphatic carbocycles. The molecule has 10 nitrogen and oxygen atoms in total. The van der Waals surface area contributed by atoms with Crippen molar-refractivity contribution >= 4 is 29.6 Å². The van der Waals surface area contributed by atoms with Gasteiger partial charge in [-0.1, -0.05) is 30.3 Å². The minimum atomic E-state index is -0.874. The van der Waals surface area contributed by atoms with Crippen molar-refractivity contribution in [2.24, 2.45) is 10.7 Å². The number of nitrogens with two attached hydrogens (primary N) is 1. The third kappa shape index (κ3) is 8.02. The molecule has 0 saturated heterocycles. The Labute approximate surface area is 219 Å². The summed E-state index contributed by atoms with van der Waals surface area (Å²) in [6.07, 6.45) is -0.874. The number of carbonyl (C=O) groups is 4. The Morgan fingerprint density at radius 3 is 2.08 bits per heavy atom. The Balaban J connectivity index is 1.54. The Morgan fingerprint density at radius 1 is 0.842 bits per heavy atom. The fourth-order valence-corrected chi connectivity index (χ4v) is 3.22. The van der Waals surface area contributed by atoms with Gasteiger partial charge in [0, 0.05) is 16.7 Å². The van der Waals surface area contributed by atoms with Crippen LogP contribution < -0.4 is 20.5 Å². The average molecular weight is 518 g/mol. The number of nitrogens with zero attached hydrogens (tertiary/aromatic N) is 1. The molecular weight excluding hydrogens is 490 g/mol. The molecule has 0 spiro atoms. The second-order valence-corrected chi connectivity index (χ2v) is 7.93. The fourth-order valence-electron chi connectivity index (χ4n) is 3.22. The van der Waals surface area contributed by atoms with E-state index in [2.05, 4.69) is 10.3 Å². The Kier molecular flexibility index (Phi) is 9.70. The normalized spacial score (nSPS) is 11.7. The quantitative estimate of drug-likeness (QED) is 0.180. The highest BCUT2D eigenvalue weighted by molar-refractivity contribution is 6.05. The maximum atomic E-state index is 12.7. The number of carbonyl (C=O) groups excluding carboxylic acids is 4. The van der Waals surface area contributed by atoms with Gasteiger partial charge in [0.15, 0.2) is 12.4 Å². The van der Waals surface area contributed by atoms with E-state index in [4.69, 9.17) is 19.9 Å². The van der Waals surface area contributed by atoms with E-state index < -0.39 is 24.0 Å². The van der Waals surface area contributed by atoms with Gasteiger partial charge in [-0.15, -0.1) is 0 Å². The first kappa shape index (κ1) is 27.6. The molecule has 3 rings (SSSR count). The fraction of sp³-hybridized carbons (Fsp3) is 0.179. The van der Waals surface area contributed by atoms with Gasteiger partial charge in [-0.2, -0.15) is 4.99 Å². The molecule has 0 heterocycles. The van der Waals surface area contributed by atoms with E-state index >= 15 is 0 Å². The average Bonchev–Trinajstić information content (AvgIpc) is 2.92. The number of aliphatic imine (C=N–C) groups is 1. The summed E-state index contributed by atoms with van der Waals surface area (Å²) in [7, 11) is 0. The van der Waals surface area contributed by atoms with Crippen molar-refractivity contribution in [2.75, 3.05) is 13.2 Å². The first-order chi connectivity index (χ1) is 18.3. The molecule has 0 aliphatic rings. The summed E-state index contributed by atoms with van der Waals surface area (Å²) < 4.78 is 15.2. The lowest BCUT2D eigenvalue weighted by Gasteiger charge is -2.14. The number of ether oxygens (including phenoxy) is 3. The number of para-hydroxylation sites is 1. The molecule has 196 valence electrons. The van der Waals surface area contributed by atoms with Gasteiger partial charge in [-0.25, -0.2) is 9.59 Å². The molecule has 0 saturated carbocycles. The van der Waals surface area contributed by atoms with E-state index in [0.717, 1.165) is 0 Å². The molecule has 38 heavy (non-hydrogen) atoms. The van der Waals surface area contributed by atoms with Gasteiger partial charge in [0.1, 0.15) is 17.3 Å². The second-order valence-electron chi connectivity index (χ2n) is 7.93. The maximum absolute atomic E-state index is 12.7. The zero-order chi connectivity index (χ0) is 27.5. The molecule has 2 amide bonds. The third-order valence-corrected chi connectivity index (χ3v) is 5.14. The van der Waals surface area contributed by atoms with Gasteiger partial charge >= 0.3 is 12.1 Å². The first-order valence-electron chi connectivity index (χ1n) is 11.7. The highest BCUT2D eigenvalue weighted by Crippen LogP contribution is 2.14. The number of esters is 1. The van der Waals surface area contributed by atoms with Gasteiger partial charge in [-0.3, -0.25) is 9.59 Å². The number of hydrogen-bond donors (Lipinski definition) is 2. The van der Waals surface area contributed by atoms with Crippen LogP contribution in [0.3, 0.4) is 0 Å². The zero-order valence-electron chi connectivity index (χ0n) is 20.9. The lowest BCUT2D eigenvalue weighted by atomic mass is 10.0. The van der Waals surface area contributed by atoms with E-state index in [1.165, 1.54) is 24.3 Å². The highest BCUT2D eigenvalue weighted by Gasteiger charge is 2.19. The van der Waals surface area contributed by atoms with E-state index in [1.54, 1.807) is 68.4 Å². The predicted octanol–water partition coefficient (Wildman–Crippen LogP) is 3.53. The van der Waals surface area contributed by atoms with E-state index in [0.29, 0.717) is 22.6 Å². The van der Waals surface area contributed by atoms with Crippen molar-refractivity contribution in [3.8, 4) is 11.5 Å². The number of amides is 2. The number of Topliss-reactive ketones (excluding diaryl/α,β-unsaturated/α-hetero) is 1. The van der Waals surface area contributed by atoms with Gasteiger partial charge in [-0.05, 0) is 62.4 Å². The lowest BCUT2D eigenvalue weighted by molar-refractivity contribution is -0.145. The molecule has 3 aromatic rings. The van der Waals surface area contributed by atoms with Gasteiger partial charge in [0.05, 0.1) is 12.6 Å². The monoisotopic (exact) mass is 517 g/mol. The molecule has 0 fully saturated rings. The molecule has 0 unspecified atom stereocenters. The van der Waals surface area contributed by atoms with Crippen molar-refractivity contribution in [1.82, 2.24) is 5.32 Å². The third-order valence-electron chi connectivity index (χ3n) is 5.14. The van der Waals surface area contributed by atoms with Crippen molar-refractivity contribution in [3.05, 3.63) is 95.6 Å². The summed E-state index contributed by atoms with van der Waals surface area (Å²) in [4.78, 5) is 52.5. The van der Waals surface area contributed by atoms with Crippen LogP contribution in [0.4, 0.5) is 4.79 Å². The van der Waals surface area contributed by atoms with Crippen molar-refractivity contribution in [3.63, 3.8) is 0 Å². The van der Waals surface area contributed by atoms with Crippen LogP contribution in [0, 0.1) is 0 Å². The van der Waals surface area contributed by atoms with Crippen molar-refractivity contribution < 1.29 is 33.4 Å². The summed E-state index contributed by atoms with van der Waals surface area (Å²) in [5.41, 5.74) is 6.96. The van der Waals surface area contributed by atoms with Crippen LogP contribution in [0.2, 0.25) is 0 Å². The summed E-state index contributed by atoms with van der Waals surface area (Å²) >= 11 is 0. The summed E-state index contributed by atoms with van der Waals surface area (Å²) in [5.74, 6) is -0.592. The minimum absolute atomic E-state index is 0.0730. The first-order valence-corrected chi connectivity index (χ1v) is 11.7. The molecule has 1 atom stereocenters. The van der Waals surface area contributed by atoms with Gasteiger partial charge in [0.25, 0.3) is 5.91 Å². The molecule has 3 N–H and O–H groups in total. The van der Waals surface area contributed by atoms with Crippen LogP contribution >= 0.6 is 0 Å². The highest BCUT2D eigenvalue weighted by atomic mass is 16.6. The number of rotatable bonds is 10. The molecule has 0 aliphatic heterocycles.